The molecule has 1 aromatic rings. The van der Waals surface area contributed by atoms with Crippen LogP contribution in [0.15, 0.2) is 10.9 Å². The van der Waals surface area contributed by atoms with Crippen molar-refractivity contribution in [2.75, 3.05) is 0 Å². The van der Waals surface area contributed by atoms with Crippen LogP contribution in [0.1, 0.15) is 82.4 Å². The van der Waals surface area contributed by atoms with Gasteiger partial charge in [0.1, 0.15) is 11.6 Å². The molecule has 0 aliphatic rings. The number of carbonyl (C=O) groups excluding carboxylic acids is 1. The molecule has 0 fully saturated rings. The minimum absolute atomic E-state index is 0.0262. The van der Waals surface area contributed by atoms with Crippen molar-refractivity contribution in [3.8, 4) is 0 Å². The summed E-state index contributed by atoms with van der Waals surface area (Å²) in [6.07, 6.45) is 4.20. The molecule has 0 aromatic carbocycles. The number of aromatic nitrogens is 1. The molecule has 0 bridgehead atoms. The number of pyridine rings is 1. The maximum absolute atomic E-state index is 13.0. The first-order chi connectivity index (χ1) is 12.6. The second-order valence-electron chi connectivity index (χ2n) is 8.05. The van der Waals surface area contributed by atoms with Gasteiger partial charge in [-0.05, 0) is 36.3 Å². The van der Waals surface area contributed by atoms with E-state index < -0.39 is 23.3 Å². The fourth-order valence-corrected chi connectivity index (χ4v) is 3.17. The van der Waals surface area contributed by atoms with Crippen molar-refractivity contribution < 1.29 is 14.7 Å². The Kier molecular flexibility index (Phi) is 8.25. The zero-order chi connectivity index (χ0) is 20.8. The summed E-state index contributed by atoms with van der Waals surface area (Å²) in [4.78, 5) is 37.4. The molecule has 0 radical (unpaired) electrons. The number of rotatable bonds is 9. The number of aryl methyl sites for hydroxylation is 1. The van der Waals surface area contributed by atoms with E-state index in [-0.39, 0.29) is 11.1 Å². The third-order valence-electron chi connectivity index (χ3n) is 4.73. The third kappa shape index (κ3) is 5.68. The number of nitrogens with zero attached hydrogens (tertiary/aromatic N) is 1. The number of carboxylic acid groups (broad SMARTS) is 1. The Morgan fingerprint density at radius 2 is 1.81 bits per heavy atom. The van der Waals surface area contributed by atoms with E-state index in [1.165, 1.54) is 0 Å². The average molecular weight is 379 g/mol. The van der Waals surface area contributed by atoms with E-state index in [0.29, 0.717) is 13.0 Å². The highest BCUT2D eigenvalue weighted by atomic mass is 16.4. The number of nitrogens with one attached hydrogen (secondary N) is 1. The molecule has 152 valence electrons. The highest BCUT2D eigenvalue weighted by Gasteiger charge is 2.33. The summed E-state index contributed by atoms with van der Waals surface area (Å²) in [5, 5.41) is 12.0. The van der Waals surface area contributed by atoms with Gasteiger partial charge >= 0.3 is 5.97 Å². The quantitative estimate of drug-likeness (QED) is 0.689. The van der Waals surface area contributed by atoms with Crippen molar-refractivity contribution in [2.45, 2.75) is 86.2 Å². The van der Waals surface area contributed by atoms with Crippen LogP contribution < -0.4 is 10.9 Å². The number of carbonyl (C=O) groups is 2. The lowest BCUT2D eigenvalue weighted by atomic mass is 9.86. The van der Waals surface area contributed by atoms with Crippen LogP contribution in [-0.4, -0.2) is 27.6 Å². The molecule has 1 atom stereocenters. The summed E-state index contributed by atoms with van der Waals surface area (Å²) in [6, 6.07) is 0.570. The summed E-state index contributed by atoms with van der Waals surface area (Å²) in [6.45, 7) is 11.9. The molecule has 1 heterocycles. The van der Waals surface area contributed by atoms with Crippen LogP contribution >= 0.6 is 0 Å². The van der Waals surface area contributed by atoms with Crippen LogP contribution in [-0.2, 0) is 24.2 Å². The molecule has 0 saturated carbocycles. The molecule has 1 rings (SSSR count). The van der Waals surface area contributed by atoms with Crippen molar-refractivity contribution in [3.63, 3.8) is 0 Å². The molecule has 0 spiro atoms. The highest BCUT2D eigenvalue weighted by molar-refractivity contribution is 5.96. The SMILES string of the molecule is CCCCn1c(CCC)c(CC)cc(C(=O)N[C@H](C(=O)O)C(C)(C)C)c1=O. The normalized spacial score (nSPS) is 12.7. The van der Waals surface area contributed by atoms with E-state index >= 15 is 0 Å². The van der Waals surface area contributed by atoms with Gasteiger partial charge in [-0.15, -0.1) is 0 Å². The summed E-state index contributed by atoms with van der Waals surface area (Å²) in [5.74, 6) is -1.73. The summed E-state index contributed by atoms with van der Waals surface area (Å²) in [5.41, 5.74) is 0.984. The third-order valence-corrected chi connectivity index (χ3v) is 4.73. The smallest absolute Gasteiger partial charge is 0.326 e. The van der Waals surface area contributed by atoms with Gasteiger partial charge in [-0.25, -0.2) is 4.79 Å². The first kappa shape index (κ1) is 22.9. The molecule has 6 nitrogen and oxygen atoms in total. The Morgan fingerprint density at radius 1 is 1.19 bits per heavy atom. The van der Waals surface area contributed by atoms with Crippen molar-refractivity contribution >= 4 is 11.9 Å². The van der Waals surface area contributed by atoms with E-state index in [4.69, 9.17) is 0 Å². The Morgan fingerprint density at radius 3 is 2.26 bits per heavy atom. The van der Waals surface area contributed by atoms with E-state index in [1.807, 2.05) is 6.92 Å². The van der Waals surface area contributed by atoms with Crippen LogP contribution in [0.25, 0.3) is 0 Å². The lowest BCUT2D eigenvalue weighted by Crippen LogP contribution is -2.50. The van der Waals surface area contributed by atoms with E-state index in [9.17, 15) is 19.5 Å². The Hall–Kier alpha value is -2.11. The minimum Gasteiger partial charge on any atom is -0.480 e. The Bertz CT molecular complexity index is 729. The molecule has 0 aliphatic heterocycles. The fraction of sp³-hybridized carbons (Fsp3) is 0.667. The van der Waals surface area contributed by atoms with Gasteiger partial charge in [0.2, 0.25) is 0 Å². The van der Waals surface area contributed by atoms with Gasteiger partial charge in [0.15, 0.2) is 0 Å². The first-order valence-corrected chi connectivity index (χ1v) is 9.87. The predicted octanol–water partition coefficient (Wildman–Crippen LogP) is 3.39. The molecule has 0 saturated heterocycles. The van der Waals surface area contributed by atoms with Crippen LogP contribution in [0.4, 0.5) is 0 Å². The zero-order valence-electron chi connectivity index (χ0n) is 17.5. The van der Waals surface area contributed by atoms with Gasteiger partial charge in [-0.1, -0.05) is 54.4 Å². The Balaban J connectivity index is 3.44. The molecule has 6 heteroatoms. The minimum atomic E-state index is -1.11. The number of aliphatic carboxylic acids is 1. The summed E-state index contributed by atoms with van der Waals surface area (Å²) < 4.78 is 1.72. The standard InChI is InChI=1S/C21H34N2O4/c1-7-10-12-23-16(11-8-2)14(9-3)13-15(19(23)25)18(24)22-17(20(26)27)21(4,5)6/h13,17H,7-12H2,1-6H3,(H,22,24)(H,26,27)/t17-/m1/s1. The molecule has 0 unspecified atom stereocenters. The molecule has 2 N–H and O–H groups in total. The van der Waals surface area contributed by atoms with Crippen LogP contribution in [0, 0.1) is 5.41 Å². The number of hydrogen-bond donors (Lipinski definition) is 2. The average Bonchev–Trinajstić information content (AvgIpc) is 2.58. The van der Waals surface area contributed by atoms with Gasteiger partial charge in [0.05, 0.1) is 0 Å². The monoisotopic (exact) mass is 378 g/mol. The second-order valence-corrected chi connectivity index (χ2v) is 8.05. The molecular weight excluding hydrogens is 344 g/mol. The van der Waals surface area contributed by atoms with E-state index in [1.54, 1.807) is 31.4 Å². The largest absolute Gasteiger partial charge is 0.480 e. The molecular formula is C21H34N2O4. The van der Waals surface area contributed by atoms with Crippen molar-refractivity contribution in [2.24, 2.45) is 5.41 Å². The molecule has 1 aromatic heterocycles. The van der Waals surface area contributed by atoms with Gasteiger partial charge in [-0.2, -0.15) is 0 Å². The fourth-order valence-electron chi connectivity index (χ4n) is 3.17. The molecule has 1 amide bonds. The van der Waals surface area contributed by atoms with Crippen molar-refractivity contribution in [1.29, 1.82) is 0 Å². The van der Waals surface area contributed by atoms with E-state index in [2.05, 4.69) is 19.2 Å². The number of hydrogen-bond acceptors (Lipinski definition) is 3. The topological polar surface area (TPSA) is 88.4 Å². The van der Waals surface area contributed by atoms with Gasteiger partial charge in [0, 0.05) is 12.2 Å². The van der Waals surface area contributed by atoms with Gasteiger partial charge in [0.25, 0.3) is 11.5 Å². The molecule has 27 heavy (non-hydrogen) atoms. The first-order valence-electron chi connectivity index (χ1n) is 9.87. The second kappa shape index (κ2) is 9.72. The Labute approximate surface area is 162 Å². The highest BCUT2D eigenvalue weighted by Crippen LogP contribution is 2.20. The van der Waals surface area contributed by atoms with E-state index in [0.717, 1.165) is 36.9 Å². The number of amides is 1. The maximum Gasteiger partial charge on any atom is 0.326 e. The molecule has 0 aliphatic carbocycles. The summed E-state index contributed by atoms with van der Waals surface area (Å²) in [7, 11) is 0. The zero-order valence-corrected chi connectivity index (χ0v) is 17.5. The van der Waals surface area contributed by atoms with Crippen LogP contribution in [0.2, 0.25) is 0 Å². The summed E-state index contributed by atoms with van der Waals surface area (Å²) >= 11 is 0. The maximum atomic E-state index is 13.0. The van der Waals surface area contributed by atoms with Crippen LogP contribution in [0.5, 0.6) is 0 Å². The lowest BCUT2D eigenvalue weighted by molar-refractivity contribution is -0.142. The number of carboxylic acids is 1. The van der Waals surface area contributed by atoms with Crippen LogP contribution in [0.3, 0.4) is 0 Å². The predicted molar refractivity (Wildman–Crippen MR) is 107 cm³/mol. The van der Waals surface area contributed by atoms with Crippen molar-refractivity contribution in [1.82, 2.24) is 9.88 Å². The lowest BCUT2D eigenvalue weighted by Gasteiger charge is -2.28. The van der Waals surface area contributed by atoms with Gasteiger partial charge in [-0.3, -0.25) is 9.59 Å². The number of unbranched alkanes of at least 4 members (excludes halogenated alkanes) is 1. The van der Waals surface area contributed by atoms with Crippen molar-refractivity contribution in [3.05, 3.63) is 33.2 Å². The van der Waals surface area contributed by atoms with Gasteiger partial charge < -0.3 is 15.0 Å².